The van der Waals surface area contributed by atoms with Crippen LogP contribution in [0.3, 0.4) is 0 Å². The molecule has 0 saturated heterocycles. The summed E-state index contributed by atoms with van der Waals surface area (Å²) in [4.78, 5) is 5.80. The number of hydrogen-bond acceptors (Lipinski definition) is 2. The van der Waals surface area contributed by atoms with Crippen molar-refractivity contribution < 1.29 is 4.39 Å². The van der Waals surface area contributed by atoms with Crippen molar-refractivity contribution in [2.24, 2.45) is 0 Å². The van der Waals surface area contributed by atoms with Gasteiger partial charge in [-0.2, -0.15) is 0 Å². The minimum Gasteiger partial charge on any atom is -0.331 e. The van der Waals surface area contributed by atoms with Gasteiger partial charge in [0.1, 0.15) is 5.82 Å². The van der Waals surface area contributed by atoms with Crippen LogP contribution in [0, 0.1) is 21.1 Å². The number of H-pyrrole nitrogens is 1. The van der Waals surface area contributed by atoms with E-state index in [4.69, 9.17) is 12.2 Å². The third-order valence-corrected chi connectivity index (χ3v) is 5.64. The van der Waals surface area contributed by atoms with Crippen LogP contribution >= 0.6 is 46.1 Å². The Morgan fingerprint density at radius 3 is 2.86 bits per heavy atom. The van der Waals surface area contributed by atoms with Crippen molar-refractivity contribution in [2.45, 2.75) is 26.3 Å². The molecular weight excluding hydrogens is 418 g/mol. The standard InChI is InChI=1S/C15H14FIN2S2/c1-8(5-10-4-3-9(2)21-10)19-14-6-11(16)12(17)7-13(14)18-15(19)20/h3-4,6-8H,5H2,1-2H3,(H,18,20). The molecule has 1 unspecified atom stereocenters. The Morgan fingerprint density at radius 2 is 2.19 bits per heavy atom. The van der Waals surface area contributed by atoms with Gasteiger partial charge in [-0.1, -0.05) is 0 Å². The van der Waals surface area contributed by atoms with Crippen molar-refractivity contribution in [3.8, 4) is 0 Å². The maximum atomic E-state index is 13.9. The molecule has 0 aliphatic carbocycles. The Bertz CT molecular complexity index is 862. The summed E-state index contributed by atoms with van der Waals surface area (Å²) in [6.07, 6.45) is 0.896. The number of aryl methyl sites for hydroxylation is 1. The van der Waals surface area contributed by atoms with Crippen LogP contribution in [-0.4, -0.2) is 9.55 Å². The molecule has 1 N–H and O–H groups in total. The molecule has 1 aromatic carbocycles. The smallest absolute Gasteiger partial charge is 0.178 e. The molecule has 0 aliphatic heterocycles. The number of thiophene rings is 1. The first-order chi connectivity index (χ1) is 9.95. The molecule has 3 rings (SSSR count). The molecule has 3 aromatic rings. The van der Waals surface area contributed by atoms with Crippen LogP contribution in [0.4, 0.5) is 4.39 Å². The first-order valence-electron chi connectivity index (χ1n) is 6.60. The van der Waals surface area contributed by atoms with Gasteiger partial charge in [0.25, 0.3) is 0 Å². The zero-order chi connectivity index (χ0) is 15.1. The molecule has 2 nitrogen and oxygen atoms in total. The topological polar surface area (TPSA) is 20.7 Å². The molecule has 110 valence electrons. The molecule has 21 heavy (non-hydrogen) atoms. The normalized spacial score (nSPS) is 13.0. The fraction of sp³-hybridized carbons (Fsp3) is 0.267. The lowest BCUT2D eigenvalue weighted by Crippen LogP contribution is -2.07. The molecule has 1 atom stereocenters. The van der Waals surface area contributed by atoms with E-state index >= 15 is 0 Å². The summed E-state index contributed by atoms with van der Waals surface area (Å²) in [6.45, 7) is 4.22. The molecule has 0 radical (unpaired) electrons. The lowest BCUT2D eigenvalue weighted by Gasteiger charge is -2.14. The van der Waals surface area contributed by atoms with Crippen LogP contribution < -0.4 is 0 Å². The summed E-state index contributed by atoms with van der Waals surface area (Å²) in [5, 5.41) is 0. The SMILES string of the molecule is Cc1ccc(CC(C)n2c(=S)[nH]c3cc(I)c(F)cc32)s1. The fourth-order valence-electron chi connectivity index (χ4n) is 2.54. The predicted molar refractivity (Wildman–Crippen MR) is 97.3 cm³/mol. The number of aromatic nitrogens is 2. The van der Waals surface area contributed by atoms with Gasteiger partial charge in [-0.15, -0.1) is 11.3 Å². The Kier molecular flexibility index (Phi) is 4.20. The highest BCUT2D eigenvalue weighted by Gasteiger charge is 2.14. The van der Waals surface area contributed by atoms with E-state index in [2.05, 4.69) is 31.0 Å². The van der Waals surface area contributed by atoms with Gasteiger partial charge in [-0.25, -0.2) is 4.39 Å². The van der Waals surface area contributed by atoms with E-state index in [0.717, 1.165) is 17.5 Å². The van der Waals surface area contributed by atoms with Gasteiger partial charge in [0, 0.05) is 28.3 Å². The second-order valence-corrected chi connectivity index (χ2v) is 8.07. The molecule has 0 spiro atoms. The van der Waals surface area contributed by atoms with Gasteiger partial charge in [-0.3, -0.25) is 0 Å². The highest BCUT2D eigenvalue weighted by atomic mass is 127. The maximum absolute atomic E-state index is 13.9. The highest BCUT2D eigenvalue weighted by Crippen LogP contribution is 2.27. The third kappa shape index (κ3) is 2.93. The van der Waals surface area contributed by atoms with Gasteiger partial charge >= 0.3 is 0 Å². The molecule has 2 aromatic heterocycles. The van der Waals surface area contributed by atoms with Crippen molar-refractivity contribution >= 4 is 57.2 Å². The van der Waals surface area contributed by atoms with Crippen LogP contribution in [0.25, 0.3) is 11.0 Å². The van der Waals surface area contributed by atoms with E-state index in [-0.39, 0.29) is 11.9 Å². The lowest BCUT2D eigenvalue weighted by molar-refractivity contribution is 0.555. The number of halogens is 2. The number of fused-ring (bicyclic) bond motifs is 1. The number of benzene rings is 1. The summed E-state index contributed by atoms with van der Waals surface area (Å²) in [5.74, 6) is -0.204. The van der Waals surface area contributed by atoms with Crippen molar-refractivity contribution in [3.05, 3.63) is 48.2 Å². The number of imidazole rings is 1. The zero-order valence-corrected chi connectivity index (χ0v) is 15.4. The number of nitrogens with zero attached hydrogens (tertiary/aromatic N) is 1. The van der Waals surface area contributed by atoms with Gasteiger partial charge in [-0.05, 0) is 66.9 Å². The summed E-state index contributed by atoms with van der Waals surface area (Å²) in [6, 6.07) is 7.84. The zero-order valence-electron chi connectivity index (χ0n) is 11.6. The average Bonchev–Trinajstić information content (AvgIpc) is 2.93. The van der Waals surface area contributed by atoms with Crippen molar-refractivity contribution in [2.75, 3.05) is 0 Å². The molecule has 0 amide bonds. The largest absolute Gasteiger partial charge is 0.331 e. The lowest BCUT2D eigenvalue weighted by atomic mass is 10.2. The minimum atomic E-state index is -0.204. The third-order valence-electron chi connectivity index (χ3n) is 3.49. The van der Waals surface area contributed by atoms with Gasteiger partial charge in [0.05, 0.1) is 14.6 Å². The van der Waals surface area contributed by atoms with Crippen molar-refractivity contribution in [1.82, 2.24) is 9.55 Å². The summed E-state index contributed by atoms with van der Waals surface area (Å²) in [7, 11) is 0. The Hall–Kier alpha value is -0.730. The van der Waals surface area contributed by atoms with Gasteiger partial charge < -0.3 is 9.55 Å². The molecule has 0 aliphatic rings. The van der Waals surface area contributed by atoms with E-state index in [1.807, 2.05) is 27.2 Å². The number of rotatable bonds is 3. The minimum absolute atomic E-state index is 0.184. The molecule has 0 saturated carbocycles. The van der Waals surface area contributed by atoms with E-state index in [0.29, 0.717) is 8.34 Å². The summed E-state index contributed by atoms with van der Waals surface area (Å²) >= 11 is 9.22. The van der Waals surface area contributed by atoms with Crippen LogP contribution in [0.2, 0.25) is 0 Å². The first kappa shape index (κ1) is 15.2. The molecular formula is C15H14FIN2S2. The average molecular weight is 432 g/mol. The van der Waals surface area contributed by atoms with Gasteiger partial charge in [0.15, 0.2) is 4.77 Å². The van der Waals surface area contributed by atoms with Crippen molar-refractivity contribution in [1.29, 1.82) is 0 Å². The number of aromatic amines is 1. The highest BCUT2D eigenvalue weighted by molar-refractivity contribution is 14.1. The first-order valence-corrected chi connectivity index (χ1v) is 8.90. The van der Waals surface area contributed by atoms with Crippen molar-refractivity contribution in [3.63, 3.8) is 0 Å². The quantitative estimate of drug-likeness (QED) is 0.421. The summed E-state index contributed by atoms with van der Waals surface area (Å²) in [5.41, 5.74) is 1.72. The van der Waals surface area contributed by atoms with Crippen LogP contribution in [-0.2, 0) is 6.42 Å². The predicted octanol–water partition coefficient (Wildman–Crippen LogP) is 5.62. The number of hydrogen-bond donors (Lipinski definition) is 1. The second-order valence-electron chi connectivity index (χ2n) is 5.15. The monoisotopic (exact) mass is 432 g/mol. The molecule has 2 heterocycles. The van der Waals surface area contributed by atoms with E-state index in [1.54, 1.807) is 23.5 Å². The molecule has 0 bridgehead atoms. The molecule has 0 fully saturated rings. The van der Waals surface area contributed by atoms with E-state index < -0.39 is 0 Å². The van der Waals surface area contributed by atoms with Crippen LogP contribution in [0.1, 0.15) is 22.7 Å². The maximum Gasteiger partial charge on any atom is 0.178 e. The van der Waals surface area contributed by atoms with Crippen LogP contribution in [0.15, 0.2) is 24.3 Å². The Balaban J connectivity index is 2.04. The van der Waals surface area contributed by atoms with E-state index in [1.165, 1.54) is 9.75 Å². The second kappa shape index (κ2) is 5.81. The Morgan fingerprint density at radius 1 is 1.43 bits per heavy atom. The summed E-state index contributed by atoms with van der Waals surface area (Å²) < 4.78 is 17.1. The van der Waals surface area contributed by atoms with E-state index in [9.17, 15) is 4.39 Å². The van der Waals surface area contributed by atoms with Crippen LogP contribution in [0.5, 0.6) is 0 Å². The van der Waals surface area contributed by atoms with Gasteiger partial charge in [0.2, 0.25) is 0 Å². The Labute approximate surface area is 145 Å². The number of nitrogens with one attached hydrogen (secondary N) is 1. The molecule has 6 heteroatoms. The fourth-order valence-corrected chi connectivity index (χ4v) is 4.40.